The standard InChI is InChI=1S/C13H20N4O/c1-3-9-17-13(18)16(4-2)12(15-17)10-11-5-7-14-8-6-11/h1,11,14H,4-10H2,2H3. The third kappa shape index (κ3) is 2.65. The second kappa shape index (κ2) is 5.87. The summed E-state index contributed by atoms with van der Waals surface area (Å²) in [7, 11) is 0. The van der Waals surface area contributed by atoms with Gasteiger partial charge in [-0.3, -0.25) is 4.57 Å². The SMILES string of the molecule is C#CCn1nc(CC2CCNCC2)n(CC)c1=O. The first-order chi connectivity index (χ1) is 8.76. The Morgan fingerprint density at radius 3 is 2.83 bits per heavy atom. The zero-order valence-corrected chi connectivity index (χ0v) is 10.9. The third-order valence-corrected chi connectivity index (χ3v) is 3.49. The smallest absolute Gasteiger partial charge is 0.317 e. The van der Waals surface area contributed by atoms with E-state index in [4.69, 9.17) is 6.42 Å². The molecule has 1 N–H and O–H groups in total. The summed E-state index contributed by atoms with van der Waals surface area (Å²) in [5, 5.41) is 7.71. The third-order valence-electron chi connectivity index (χ3n) is 3.49. The summed E-state index contributed by atoms with van der Waals surface area (Å²) < 4.78 is 3.12. The molecule has 0 spiro atoms. The molecule has 2 heterocycles. The Morgan fingerprint density at radius 1 is 1.50 bits per heavy atom. The van der Waals surface area contributed by atoms with Gasteiger partial charge in [0.25, 0.3) is 0 Å². The van der Waals surface area contributed by atoms with Crippen LogP contribution in [0.15, 0.2) is 4.79 Å². The Kier molecular flexibility index (Phi) is 4.21. The van der Waals surface area contributed by atoms with Gasteiger partial charge in [0.1, 0.15) is 12.4 Å². The van der Waals surface area contributed by atoms with Gasteiger partial charge >= 0.3 is 5.69 Å². The highest BCUT2D eigenvalue weighted by molar-refractivity contribution is 4.94. The van der Waals surface area contributed by atoms with Crippen LogP contribution < -0.4 is 11.0 Å². The molecule has 1 aliphatic heterocycles. The van der Waals surface area contributed by atoms with Crippen molar-refractivity contribution in [2.45, 2.75) is 39.3 Å². The molecule has 1 saturated heterocycles. The minimum atomic E-state index is -0.0839. The van der Waals surface area contributed by atoms with E-state index in [0.29, 0.717) is 12.5 Å². The summed E-state index contributed by atoms with van der Waals surface area (Å²) >= 11 is 0. The van der Waals surface area contributed by atoms with E-state index in [-0.39, 0.29) is 12.2 Å². The van der Waals surface area contributed by atoms with Gasteiger partial charge in [-0.15, -0.1) is 6.42 Å². The van der Waals surface area contributed by atoms with Crippen LogP contribution in [-0.2, 0) is 19.5 Å². The maximum Gasteiger partial charge on any atom is 0.346 e. The monoisotopic (exact) mass is 248 g/mol. The summed E-state index contributed by atoms with van der Waals surface area (Å²) in [5.41, 5.74) is -0.0839. The fourth-order valence-electron chi connectivity index (χ4n) is 2.49. The highest BCUT2D eigenvalue weighted by Crippen LogP contribution is 2.16. The maximum atomic E-state index is 12.0. The molecular weight excluding hydrogens is 228 g/mol. The molecule has 0 aromatic carbocycles. The second-order valence-corrected chi connectivity index (χ2v) is 4.70. The lowest BCUT2D eigenvalue weighted by molar-refractivity contribution is 0.362. The molecule has 0 atom stereocenters. The lowest BCUT2D eigenvalue weighted by Crippen LogP contribution is -2.30. The number of piperidine rings is 1. The zero-order chi connectivity index (χ0) is 13.0. The number of rotatable bonds is 4. The summed E-state index contributed by atoms with van der Waals surface area (Å²) in [6.45, 7) is 5.00. The van der Waals surface area contributed by atoms with E-state index in [0.717, 1.165) is 38.2 Å². The molecule has 1 fully saturated rings. The van der Waals surface area contributed by atoms with Gasteiger partial charge in [0.2, 0.25) is 0 Å². The van der Waals surface area contributed by atoms with E-state index in [9.17, 15) is 4.79 Å². The van der Waals surface area contributed by atoms with Crippen LogP contribution in [0.3, 0.4) is 0 Å². The van der Waals surface area contributed by atoms with Gasteiger partial charge in [-0.25, -0.2) is 9.48 Å². The van der Waals surface area contributed by atoms with Gasteiger partial charge in [-0.05, 0) is 38.8 Å². The number of nitrogens with zero attached hydrogens (tertiary/aromatic N) is 3. The Bertz CT molecular complexity index is 488. The van der Waals surface area contributed by atoms with E-state index in [2.05, 4.69) is 16.3 Å². The van der Waals surface area contributed by atoms with Crippen LogP contribution in [0.2, 0.25) is 0 Å². The van der Waals surface area contributed by atoms with Gasteiger partial charge in [0.15, 0.2) is 0 Å². The van der Waals surface area contributed by atoms with E-state index in [1.54, 1.807) is 4.57 Å². The van der Waals surface area contributed by atoms with E-state index >= 15 is 0 Å². The molecule has 0 radical (unpaired) electrons. The Balaban J connectivity index is 2.18. The van der Waals surface area contributed by atoms with Crippen molar-refractivity contribution in [3.05, 3.63) is 16.3 Å². The molecule has 2 rings (SSSR count). The zero-order valence-electron chi connectivity index (χ0n) is 10.9. The summed E-state index contributed by atoms with van der Waals surface area (Å²) in [5.74, 6) is 3.97. The molecule has 98 valence electrons. The fourth-order valence-corrected chi connectivity index (χ4v) is 2.49. The van der Waals surface area contributed by atoms with Crippen molar-refractivity contribution >= 4 is 0 Å². The topological polar surface area (TPSA) is 51.9 Å². The minimum Gasteiger partial charge on any atom is -0.317 e. The predicted octanol–water partition coefficient (Wildman–Crippen LogP) is 0.240. The molecule has 0 saturated carbocycles. The first-order valence-corrected chi connectivity index (χ1v) is 6.57. The van der Waals surface area contributed by atoms with Crippen LogP contribution in [0.5, 0.6) is 0 Å². The molecule has 1 aromatic heterocycles. The second-order valence-electron chi connectivity index (χ2n) is 4.70. The van der Waals surface area contributed by atoms with Crippen LogP contribution in [0.1, 0.15) is 25.6 Å². The van der Waals surface area contributed by atoms with Crippen molar-refractivity contribution < 1.29 is 0 Å². The number of terminal acetylenes is 1. The normalized spacial score (nSPS) is 16.7. The molecule has 0 bridgehead atoms. The lowest BCUT2D eigenvalue weighted by atomic mass is 9.94. The number of hydrogen-bond donors (Lipinski definition) is 1. The largest absolute Gasteiger partial charge is 0.346 e. The van der Waals surface area contributed by atoms with Crippen LogP contribution >= 0.6 is 0 Å². The molecule has 5 nitrogen and oxygen atoms in total. The fraction of sp³-hybridized carbons (Fsp3) is 0.692. The highest BCUT2D eigenvalue weighted by atomic mass is 16.2. The van der Waals surface area contributed by atoms with E-state index < -0.39 is 0 Å². The molecule has 1 aliphatic rings. The average molecular weight is 248 g/mol. The quantitative estimate of drug-likeness (QED) is 0.777. The Morgan fingerprint density at radius 2 is 2.22 bits per heavy atom. The Labute approximate surface area is 107 Å². The van der Waals surface area contributed by atoms with Gasteiger partial charge in [-0.2, -0.15) is 5.10 Å². The van der Waals surface area contributed by atoms with Crippen LogP contribution in [0, 0.1) is 18.3 Å². The number of hydrogen-bond acceptors (Lipinski definition) is 3. The molecule has 5 heteroatoms. The molecular formula is C13H20N4O. The van der Waals surface area contributed by atoms with E-state index in [1.165, 1.54) is 4.68 Å². The van der Waals surface area contributed by atoms with E-state index in [1.807, 2.05) is 6.92 Å². The van der Waals surface area contributed by atoms with Crippen molar-refractivity contribution in [2.24, 2.45) is 5.92 Å². The lowest BCUT2D eigenvalue weighted by Gasteiger charge is -2.21. The summed E-state index contributed by atoms with van der Waals surface area (Å²) in [6.07, 6.45) is 8.43. The average Bonchev–Trinajstić information content (AvgIpc) is 2.67. The van der Waals surface area contributed by atoms with Crippen molar-refractivity contribution in [1.82, 2.24) is 19.7 Å². The van der Waals surface area contributed by atoms with Crippen molar-refractivity contribution in [1.29, 1.82) is 0 Å². The molecule has 0 aliphatic carbocycles. The van der Waals surface area contributed by atoms with Crippen LogP contribution in [0.4, 0.5) is 0 Å². The van der Waals surface area contributed by atoms with Gasteiger partial charge in [0, 0.05) is 13.0 Å². The Hall–Kier alpha value is -1.54. The molecule has 0 unspecified atom stereocenters. The molecule has 1 aromatic rings. The van der Waals surface area contributed by atoms with Gasteiger partial charge < -0.3 is 5.32 Å². The highest BCUT2D eigenvalue weighted by Gasteiger charge is 2.18. The predicted molar refractivity (Wildman–Crippen MR) is 70.3 cm³/mol. The van der Waals surface area contributed by atoms with Gasteiger partial charge in [0.05, 0.1) is 0 Å². The van der Waals surface area contributed by atoms with Crippen molar-refractivity contribution in [2.75, 3.05) is 13.1 Å². The first kappa shape index (κ1) is 12.9. The molecule has 18 heavy (non-hydrogen) atoms. The summed E-state index contributed by atoms with van der Waals surface area (Å²) in [4.78, 5) is 12.0. The van der Waals surface area contributed by atoms with Crippen molar-refractivity contribution in [3.63, 3.8) is 0 Å². The first-order valence-electron chi connectivity index (χ1n) is 6.57. The van der Waals surface area contributed by atoms with Gasteiger partial charge in [-0.1, -0.05) is 5.92 Å². The minimum absolute atomic E-state index is 0.0839. The maximum absolute atomic E-state index is 12.0. The number of aromatic nitrogens is 3. The van der Waals surface area contributed by atoms with Crippen molar-refractivity contribution in [3.8, 4) is 12.3 Å². The number of nitrogens with one attached hydrogen (secondary N) is 1. The molecule has 0 amide bonds. The van der Waals surface area contributed by atoms with Crippen LogP contribution in [0.25, 0.3) is 0 Å². The summed E-state index contributed by atoms with van der Waals surface area (Å²) in [6, 6.07) is 0. The van der Waals surface area contributed by atoms with Crippen LogP contribution in [-0.4, -0.2) is 27.4 Å².